The topological polar surface area (TPSA) is 106 Å². The number of nitrogens with one attached hydrogen (secondary N) is 1. The zero-order chi connectivity index (χ0) is 17.1. The Morgan fingerprint density at radius 2 is 2.09 bits per heavy atom. The normalized spacial score (nSPS) is 10.6. The molecule has 2 N–H and O–H groups in total. The summed E-state index contributed by atoms with van der Waals surface area (Å²) in [6.45, 7) is 3.00. The van der Waals surface area contributed by atoms with E-state index >= 15 is 0 Å². The predicted molar refractivity (Wildman–Crippen MR) is 82.9 cm³/mol. The number of esters is 1. The van der Waals surface area contributed by atoms with Crippen LogP contribution in [0.5, 0.6) is 5.75 Å². The molecule has 1 amide bonds. The van der Waals surface area contributed by atoms with Crippen molar-refractivity contribution in [1.29, 1.82) is 0 Å². The molecule has 1 heterocycles. The summed E-state index contributed by atoms with van der Waals surface area (Å²) in [5, 5.41) is 12.9. The van der Waals surface area contributed by atoms with E-state index in [2.05, 4.69) is 10.1 Å². The fourth-order valence-corrected chi connectivity index (χ4v) is 2.34. The zero-order valence-electron chi connectivity index (χ0n) is 12.4. The van der Waals surface area contributed by atoms with Gasteiger partial charge in [0, 0.05) is 5.02 Å². The van der Waals surface area contributed by atoms with Crippen LogP contribution in [0.25, 0.3) is 11.0 Å². The van der Waals surface area contributed by atoms with Gasteiger partial charge < -0.3 is 19.6 Å². The minimum atomic E-state index is -1.01. The van der Waals surface area contributed by atoms with Crippen LogP contribution < -0.4 is 10.9 Å². The molecule has 0 atom stereocenters. The van der Waals surface area contributed by atoms with Gasteiger partial charge in [-0.25, -0.2) is 4.79 Å². The molecule has 0 spiro atoms. The molecular weight excluding hydrogens is 326 g/mol. The monoisotopic (exact) mass is 339 g/mol. The number of benzene rings is 1. The molecular formula is C15H14ClNO6. The van der Waals surface area contributed by atoms with E-state index in [0.29, 0.717) is 10.6 Å². The van der Waals surface area contributed by atoms with Crippen molar-refractivity contribution in [3.05, 3.63) is 38.7 Å². The predicted octanol–water partition coefficient (Wildman–Crippen LogP) is 1.75. The number of aromatic hydroxyl groups is 1. The molecule has 0 unspecified atom stereocenters. The summed E-state index contributed by atoms with van der Waals surface area (Å²) in [6.07, 6.45) is 0. The van der Waals surface area contributed by atoms with Crippen molar-refractivity contribution in [2.75, 3.05) is 13.2 Å². The van der Waals surface area contributed by atoms with Crippen molar-refractivity contribution in [3.8, 4) is 5.75 Å². The van der Waals surface area contributed by atoms with Crippen LogP contribution in [0, 0.1) is 6.92 Å². The molecule has 0 bridgehead atoms. The summed E-state index contributed by atoms with van der Waals surface area (Å²) in [7, 11) is 0. The van der Waals surface area contributed by atoms with Crippen molar-refractivity contribution >= 4 is 34.4 Å². The van der Waals surface area contributed by atoms with Gasteiger partial charge in [0.15, 0.2) is 5.56 Å². The molecule has 0 aliphatic rings. The third kappa shape index (κ3) is 3.45. The third-order valence-corrected chi connectivity index (χ3v) is 3.27. The first kappa shape index (κ1) is 16.8. The van der Waals surface area contributed by atoms with E-state index in [1.165, 1.54) is 6.07 Å². The summed E-state index contributed by atoms with van der Waals surface area (Å²) in [5.41, 5.74) is -0.928. The largest absolute Gasteiger partial charge is 0.506 e. The lowest BCUT2D eigenvalue weighted by atomic mass is 10.1. The van der Waals surface area contributed by atoms with Crippen molar-refractivity contribution in [2.45, 2.75) is 13.8 Å². The highest BCUT2D eigenvalue weighted by Gasteiger charge is 2.22. The molecule has 7 nitrogen and oxygen atoms in total. The van der Waals surface area contributed by atoms with Gasteiger partial charge >= 0.3 is 11.6 Å². The SMILES string of the molecule is CCOC(=O)CNC(=O)c1c(O)c2cc(Cl)cc(C)c2oc1=O. The molecule has 8 heteroatoms. The Hall–Kier alpha value is -2.54. The van der Waals surface area contributed by atoms with E-state index in [1.54, 1.807) is 19.9 Å². The van der Waals surface area contributed by atoms with Crippen molar-refractivity contribution in [3.63, 3.8) is 0 Å². The number of amides is 1. The standard InChI is InChI=1S/C15H14ClNO6/c1-3-22-10(18)6-17-14(20)11-12(19)9-5-8(16)4-7(2)13(9)23-15(11)21/h4-5,19H,3,6H2,1-2H3,(H,17,20). The van der Waals surface area contributed by atoms with Gasteiger partial charge in [0.25, 0.3) is 5.91 Å². The Morgan fingerprint density at radius 3 is 2.74 bits per heavy atom. The van der Waals surface area contributed by atoms with E-state index in [4.69, 9.17) is 16.0 Å². The Labute approximate surface area is 135 Å². The number of ether oxygens (including phenoxy) is 1. The molecule has 0 aliphatic heterocycles. The first-order valence-electron chi connectivity index (χ1n) is 6.74. The van der Waals surface area contributed by atoms with E-state index in [1.807, 2.05) is 0 Å². The van der Waals surface area contributed by atoms with Gasteiger partial charge in [-0.05, 0) is 31.5 Å². The van der Waals surface area contributed by atoms with Gasteiger partial charge in [0.1, 0.15) is 17.9 Å². The van der Waals surface area contributed by atoms with Crippen LogP contribution >= 0.6 is 11.6 Å². The minimum Gasteiger partial charge on any atom is -0.506 e. The highest BCUT2D eigenvalue weighted by Crippen LogP contribution is 2.31. The van der Waals surface area contributed by atoms with Gasteiger partial charge in [-0.1, -0.05) is 11.6 Å². The maximum absolute atomic E-state index is 12.0. The van der Waals surface area contributed by atoms with Gasteiger partial charge in [-0.15, -0.1) is 0 Å². The minimum absolute atomic E-state index is 0.135. The average Bonchev–Trinajstić information content (AvgIpc) is 2.47. The maximum Gasteiger partial charge on any atom is 0.353 e. The average molecular weight is 340 g/mol. The van der Waals surface area contributed by atoms with Crippen LogP contribution in [0.3, 0.4) is 0 Å². The molecule has 2 aromatic rings. The molecule has 23 heavy (non-hydrogen) atoms. The van der Waals surface area contributed by atoms with Crippen LogP contribution in [0.1, 0.15) is 22.8 Å². The highest BCUT2D eigenvalue weighted by molar-refractivity contribution is 6.31. The van der Waals surface area contributed by atoms with E-state index in [-0.39, 0.29) is 17.6 Å². The highest BCUT2D eigenvalue weighted by atomic mass is 35.5. The molecule has 0 aliphatic carbocycles. The van der Waals surface area contributed by atoms with Gasteiger partial charge in [0.05, 0.1) is 12.0 Å². The zero-order valence-corrected chi connectivity index (χ0v) is 13.2. The van der Waals surface area contributed by atoms with Crippen LogP contribution in [-0.2, 0) is 9.53 Å². The lowest BCUT2D eigenvalue weighted by Crippen LogP contribution is -2.33. The smallest absolute Gasteiger partial charge is 0.353 e. The summed E-state index contributed by atoms with van der Waals surface area (Å²) >= 11 is 5.91. The van der Waals surface area contributed by atoms with Crippen molar-refractivity contribution < 1.29 is 23.8 Å². The molecule has 0 saturated carbocycles. The second-order valence-electron chi connectivity index (χ2n) is 4.70. The summed E-state index contributed by atoms with van der Waals surface area (Å²) in [4.78, 5) is 35.2. The molecule has 1 aromatic heterocycles. The van der Waals surface area contributed by atoms with Gasteiger partial charge in [-0.3, -0.25) is 9.59 Å². The third-order valence-electron chi connectivity index (χ3n) is 3.06. The number of aryl methyl sites for hydroxylation is 1. The maximum atomic E-state index is 12.0. The fourth-order valence-electron chi connectivity index (χ4n) is 2.07. The van der Waals surface area contributed by atoms with Crippen LogP contribution in [0.4, 0.5) is 0 Å². The summed E-state index contributed by atoms with van der Waals surface area (Å²) < 4.78 is 9.74. The molecule has 0 radical (unpaired) electrons. The Balaban J connectivity index is 2.43. The van der Waals surface area contributed by atoms with Crippen molar-refractivity contribution in [1.82, 2.24) is 5.32 Å². The Morgan fingerprint density at radius 1 is 1.39 bits per heavy atom. The molecule has 2 rings (SSSR count). The van der Waals surface area contributed by atoms with Gasteiger partial charge in [0.2, 0.25) is 0 Å². The van der Waals surface area contributed by atoms with Crippen molar-refractivity contribution in [2.24, 2.45) is 0 Å². The number of halogens is 1. The van der Waals surface area contributed by atoms with Crippen LogP contribution in [-0.4, -0.2) is 30.1 Å². The van der Waals surface area contributed by atoms with E-state index in [0.717, 1.165) is 0 Å². The molecule has 1 aromatic carbocycles. The number of carbonyl (C=O) groups excluding carboxylic acids is 2. The molecule has 0 saturated heterocycles. The molecule has 0 fully saturated rings. The number of rotatable bonds is 4. The first-order chi connectivity index (χ1) is 10.8. The van der Waals surface area contributed by atoms with Gasteiger partial charge in [-0.2, -0.15) is 0 Å². The Bertz CT molecular complexity index is 842. The fraction of sp³-hybridized carbons (Fsp3) is 0.267. The number of hydrogen-bond donors (Lipinski definition) is 2. The number of carbonyl (C=O) groups is 2. The van der Waals surface area contributed by atoms with E-state index in [9.17, 15) is 19.5 Å². The quantitative estimate of drug-likeness (QED) is 0.649. The Kier molecular flexibility index (Phi) is 4.90. The van der Waals surface area contributed by atoms with Crippen LogP contribution in [0.15, 0.2) is 21.3 Å². The first-order valence-corrected chi connectivity index (χ1v) is 7.12. The van der Waals surface area contributed by atoms with Crippen LogP contribution in [0.2, 0.25) is 5.02 Å². The number of fused-ring (bicyclic) bond motifs is 1. The summed E-state index contributed by atoms with van der Waals surface area (Å²) in [5.74, 6) is -2.16. The summed E-state index contributed by atoms with van der Waals surface area (Å²) in [6, 6.07) is 2.94. The lowest BCUT2D eigenvalue weighted by Gasteiger charge is -2.09. The second kappa shape index (κ2) is 6.70. The van der Waals surface area contributed by atoms with E-state index < -0.39 is 35.4 Å². The molecule has 122 valence electrons. The lowest BCUT2D eigenvalue weighted by molar-refractivity contribution is -0.141. The second-order valence-corrected chi connectivity index (χ2v) is 5.14. The number of hydrogen-bond acceptors (Lipinski definition) is 6.